The third kappa shape index (κ3) is 5.51. The van der Waals surface area contributed by atoms with Crippen LogP contribution in [0.2, 0.25) is 0 Å². The maximum Gasteiger partial charge on any atom is 0.238 e. The predicted octanol–water partition coefficient (Wildman–Crippen LogP) is 1.59. The average Bonchev–Trinajstić information content (AvgIpc) is 2.67. The summed E-state index contributed by atoms with van der Waals surface area (Å²) in [5.74, 6) is 0.0749. The highest BCUT2D eigenvalue weighted by Gasteiger charge is 2.31. The minimum absolute atomic E-state index is 0.209. The molecule has 0 saturated carbocycles. The molecule has 0 unspecified atom stereocenters. The minimum Gasteiger partial charge on any atom is -0.361 e. The van der Waals surface area contributed by atoms with E-state index in [0.717, 1.165) is 12.8 Å². The SMILES string of the molecule is CS(=O)(=O)N1CCC(OCS(=O)(=O)N2CCC(c3ccccc3)CC2)CC1. The Labute approximate surface area is 162 Å². The van der Waals surface area contributed by atoms with Crippen LogP contribution in [0.1, 0.15) is 37.2 Å². The third-order valence-corrected chi connectivity index (χ3v) is 8.33. The monoisotopic (exact) mass is 416 g/mol. The van der Waals surface area contributed by atoms with Crippen molar-refractivity contribution in [3.63, 3.8) is 0 Å². The molecule has 2 aliphatic heterocycles. The highest BCUT2D eigenvalue weighted by molar-refractivity contribution is 7.89. The van der Waals surface area contributed by atoms with Crippen LogP contribution in [-0.4, -0.2) is 69.9 Å². The summed E-state index contributed by atoms with van der Waals surface area (Å²) >= 11 is 0. The number of sulfonamides is 2. The van der Waals surface area contributed by atoms with Crippen LogP contribution in [0.4, 0.5) is 0 Å². The molecule has 7 nitrogen and oxygen atoms in total. The van der Waals surface area contributed by atoms with Gasteiger partial charge in [0.05, 0.1) is 12.4 Å². The molecule has 1 aromatic rings. The second-order valence-corrected chi connectivity index (χ2v) is 11.2. The number of hydrogen-bond donors (Lipinski definition) is 0. The summed E-state index contributed by atoms with van der Waals surface area (Å²) < 4.78 is 56.8. The van der Waals surface area contributed by atoms with E-state index in [1.165, 1.54) is 20.4 Å². The van der Waals surface area contributed by atoms with Gasteiger partial charge < -0.3 is 4.74 Å². The second-order valence-electron chi connectivity index (χ2n) is 7.34. The molecule has 2 saturated heterocycles. The molecular formula is C18H28N2O5S2. The molecule has 0 N–H and O–H groups in total. The number of benzene rings is 1. The van der Waals surface area contributed by atoms with Crippen LogP contribution in [0.3, 0.4) is 0 Å². The van der Waals surface area contributed by atoms with E-state index in [1.54, 1.807) is 0 Å². The van der Waals surface area contributed by atoms with Crippen LogP contribution in [0.5, 0.6) is 0 Å². The van der Waals surface area contributed by atoms with Crippen molar-refractivity contribution >= 4 is 20.0 Å². The van der Waals surface area contributed by atoms with Gasteiger partial charge in [0.2, 0.25) is 20.0 Å². The van der Waals surface area contributed by atoms with E-state index in [0.29, 0.717) is 44.9 Å². The van der Waals surface area contributed by atoms with Crippen molar-refractivity contribution in [3.05, 3.63) is 35.9 Å². The Kier molecular flexibility index (Phi) is 6.58. The summed E-state index contributed by atoms with van der Waals surface area (Å²) in [5.41, 5.74) is 1.27. The van der Waals surface area contributed by atoms with Crippen molar-refractivity contribution in [1.29, 1.82) is 0 Å². The highest BCUT2D eigenvalue weighted by Crippen LogP contribution is 2.29. The van der Waals surface area contributed by atoms with Crippen molar-refractivity contribution in [2.75, 3.05) is 38.4 Å². The fourth-order valence-corrected chi connectivity index (χ4v) is 5.93. The quantitative estimate of drug-likeness (QED) is 0.703. The maximum absolute atomic E-state index is 12.6. The Hall–Kier alpha value is -1.00. The largest absolute Gasteiger partial charge is 0.361 e. The summed E-state index contributed by atoms with van der Waals surface area (Å²) in [5, 5.41) is 0. The summed E-state index contributed by atoms with van der Waals surface area (Å²) in [4.78, 5) is 0. The fraction of sp³-hybridized carbons (Fsp3) is 0.667. The summed E-state index contributed by atoms with van der Waals surface area (Å²) in [6.45, 7) is 1.79. The first-order valence-electron chi connectivity index (χ1n) is 9.35. The third-order valence-electron chi connectivity index (χ3n) is 5.44. The molecule has 0 spiro atoms. The Morgan fingerprint density at radius 1 is 0.889 bits per heavy atom. The standard InChI is InChI=1S/C18H28N2O5S2/c1-26(21,22)19-13-9-18(10-14-19)25-15-27(23,24)20-11-7-17(8-12-20)16-5-3-2-4-6-16/h2-6,17-18H,7-15H2,1H3. The maximum atomic E-state index is 12.6. The Bertz CT molecular complexity index is 811. The topological polar surface area (TPSA) is 84.0 Å². The van der Waals surface area contributed by atoms with Crippen LogP contribution in [0, 0.1) is 0 Å². The lowest BCUT2D eigenvalue weighted by molar-refractivity contribution is 0.0454. The van der Waals surface area contributed by atoms with E-state index in [4.69, 9.17) is 4.74 Å². The molecule has 1 aromatic carbocycles. The lowest BCUT2D eigenvalue weighted by Gasteiger charge is -2.33. The van der Waals surface area contributed by atoms with Crippen molar-refractivity contribution in [1.82, 2.24) is 8.61 Å². The van der Waals surface area contributed by atoms with Crippen molar-refractivity contribution in [2.45, 2.75) is 37.7 Å². The molecule has 0 aromatic heterocycles. The Balaban J connectivity index is 1.46. The lowest BCUT2D eigenvalue weighted by atomic mass is 9.90. The molecule has 9 heteroatoms. The molecule has 2 heterocycles. The predicted molar refractivity (Wildman–Crippen MR) is 104 cm³/mol. The zero-order valence-electron chi connectivity index (χ0n) is 15.7. The molecular weight excluding hydrogens is 388 g/mol. The average molecular weight is 417 g/mol. The van der Waals surface area contributed by atoms with Crippen molar-refractivity contribution < 1.29 is 21.6 Å². The van der Waals surface area contributed by atoms with Gasteiger partial charge in [-0.25, -0.2) is 21.1 Å². The van der Waals surface area contributed by atoms with Crippen molar-refractivity contribution in [2.24, 2.45) is 0 Å². The van der Waals surface area contributed by atoms with Gasteiger partial charge in [-0.15, -0.1) is 0 Å². The number of rotatable bonds is 6. The normalized spacial score (nSPS) is 22.1. The van der Waals surface area contributed by atoms with Gasteiger partial charge in [0, 0.05) is 26.2 Å². The summed E-state index contributed by atoms with van der Waals surface area (Å²) in [7, 11) is -6.64. The lowest BCUT2D eigenvalue weighted by Crippen LogP contribution is -2.43. The molecule has 27 heavy (non-hydrogen) atoms. The summed E-state index contributed by atoms with van der Waals surface area (Å²) in [6.07, 6.45) is 3.67. The molecule has 2 aliphatic rings. The van der Waals surface area contributed by atoms with Gasteiger partial charge in [-0.1, -0.05) is 30.3 Å². The molecule has 0 amide bonds. The number of hydrogen-bond acceptors (Lipinski definition) is 5. The molecule has 0 radical (unpaired) electrons. The fourth-order valence-electron chi connectivity index (χ4n) is 3.78. The first-order valence-corrected chi connectivity index (χ1v) is 12.8. The van der Waals surface area contributed by atoms with Gasteiger partial charge in [-0.2, -0.15) is 4.31 Å². The van der Waals surface area contributed by atoms with Gasteiger partial charge in [0.25, 0.3) is 0 Å². The molecule has 3 rings (SSSR count). The second kappa shape index (κ2) is 8.57. The van der Waals surface area contributed by atoms with E-state index in [-0.39, 0.29) is 12.0 Å². The van der Waals surface area contributed by atoms with Gasteiger partial charge in [-0.05, 0) is 37.2 Å². The van der Waals surface area contributed by atoms with E-state index in [9.17, 15) is 16.8 Å². The highest BCUT2D eigenvalue weighted by atomic mass is 32.2. The van der Waals surface area contributed by atoms with Gasteiger partial charge in [0.15, 0.2) is 5.94 Å². The first-order chi connectivity index (χ1) is 12.8. The van der Waals surface area contributed by atoms with E-state index in [2.05, 4.69) is 12.1 Å². The Morgan fingerprint density at radius 2 is 1.44 bits per heavy atom. The van der Waals surface area contributed by atoms with E-state index >= 15 is 0 Å². The first kappa shape index (κ1) is 20.7. The minimum atomic E-state index is -3.45. The Morgan fingerprint density at radius 3 is 2.00 bits per heavy atom. The molecule has 2 fully saturated rings. The zero-order valence-corrected chi connectivity index (χ0v) is 17.3. The zero-order chi connectivity index (χ0) is 19.5. The smallest absolute Gasteiger partial charge is 0.238 e. The van der Waals surface area contributed by atoms with E-state index in [1.807, 2.05) is 18.2 Å². The van der Waals surface area contributed by atoms with Crippen LogP contribution in [0.15, 0.2) is 30.3 Å². The van der Waals surface area contributed by atoms with Crippen molar-refractivity contribution in [3.8, 4) is 0 Å². The van der Waals surface area contributed by atoms with E-state index < -0.39 is 20.0 Å². The van der Waals surface area contributed by atoms with Crippen LogP contribution in [-0.2, 0) is 24.8 Å². The van der Waals surface area contributed by atoms with Crippen LogP contribution >= 0.6 is 0 Å². The molecule has 0 bridgehead atoms. The van der Waals surface area contributed by atoms with Gasteiger partial charge in [-0.3, -0.25) is 0 Å². The summed E-state index contributed by atoms with van der Waals surface area (Å²) in [6, 6.07) is 10.2. The molecule has 0 aliphatic carbocycles. The number of piperidine rings is 2. The molecule has 0 atom stereocenters. The molecule has 152 valence electrons. The van der Waals surface area contributed by atoms with Crippen LogP contribution < -0.4 is 0 Å². The van der Waals surface area contributed by atoms with Gasteiger partial charge >= 0.3 is 0 Å². The number of nitrogens with zero attached hydrogens (tertiary/aromatic N) is 2. The van der Waals surface area contributed by atoms with Crippen LogP contribution in [0.25, 0.3) is 0 Å². The number of ether oxygens (including phenoxy) is 1. The van der Waals surface area contributed by atoms with Gasteiger partial charge in [0.1, 0.15) is 0 Å².